The third kappa shape index (κ3) is 5.83. The van der Waals surface area contributed by atoms with E-state index >= 15 is 0 Å². The first kappa shape index (κ1) is 23.1. The lowest BCUT2D eigenvalue weighted by atomic mass is 9.75. The highest BCUT2D eigenvalue weighted by Crippen LogP contribution is 2.44. The molecule has 1 spiro atoms. The van der Waals surface area contributed by atoms with Gasteiger partial charge >= 0.3 is 0 Å². The lowest BCUT2D eigenvalue weighted by Gasteiger charge is -2.35. The van der Waals surface area contributed by atoms with Gasteiger partial charge in [-0.15, -0.1) is 0 Å². The standard InChI is InChI=1S/C26H44N2O3/c1-18-7-12-22(19(2)15-18)24(29)27-20-8-10-21(11-9-20)28-25(30)23-16-26(17-31-23)13-5-3-4-6-14-26/h18-23H,3-17H2,1-2H3,(H,27,29)(H,28,30). The maximum atomic E-state index is 12.8. The molecule has 31 heavy (non-hydrogen) atoms. The lowest BCUT2D eigenvalue weighted by molar-refractivity contribution is -0.131. The highest BCUT2D eigenvalue weighted by atomic mass is 16.5. The van der Waals surface area contributed by atoms with Crippen LogP contribution in [0.15, 0.2) is 0 Å². The number of ether oxygens (including phenoxy) is 1. The van der Waals surface area contributed by atoms with Gasteiger partial charge in [0.1, 0.15) is 6.10 Å². The van der Waals surface area contributed by atoms with Crippen LogP contribution in [0, 0.1) is 23.2 Å². The van der Waals surface area contributed by atoms with Crippen molar-refractivity contribution in [1.82, 2.24) is 10.6 Å². The van der Waals surface area contributed by atoms with Gasteiger partial charge in [0.2, 0.25) is 11.8 Å². The smallest absolute Gasteiger partial charge is 0.249 e. The van der Waals surface area contributed by atoms with Crippen LogP contribution in [0.2, 0.25) is 0 Å². The van der Waals surface area contributed by atoms with Crippen LogP contribution in [0.3, 0.4) is 0 Å². The second-order valence-electron chi connectivity index (χ2n) is 11.5. The summed E-state index contributed by atoms with van der Waals surface area (Å²) in [6.45, 7) is 5.30. The van der Waals surface area contributed by atoms with Crippen molar-refractivity contribution >= 4 is 11.8 Å². The van der Waals surface area contributed by atoms with Gasteiger partial charge in [0.05, 0.1) is 6.61 Å². The fraction of sp³-hybridized carbons (Fsp3) is 0.923. The topological polar surface area (TPSA) is 67.4 Å². The van der Waals surface area contributed by atoms with Crippen molar-refractivity contribution in [3.05, 3.63) is 0 Å². The van der Waals surface area contributed by atoms with Crippen LogP contribution in [0.4, 0.5) is 0 Å². The van der Waals surface area contributed by atoms with E-state index in [1.165, 1.54) is 51.4 Å². The van der Waals surface area contributed by atoms with Crippen LogP contribution >= 0.6 is 0 Å². The van der Waals surface area contributed by atoms with Crippen LogP contribution in [-0.2, 0) is 14.3 Å². The first-order valence-corrected chi connectivity index (χ1v) is 13.2. The summed E-state index contributed by atoms with van der Waals surface area (Å²) < 4.78 is 5.99. The highest BCUT2D eigenvalue weighted by Gasteiger charge is 2.43. The Bertz CT molecular complexity index is 620. The predicted molar refractivity (Wildman–Crippen MR) is 122 cm³/mol. The van der Waals surface area contributed by atoms with Gasteiger partial charge in [-0.3, -0.25) is 9.59 Å². The monoisotopic (exact) mass is 432 g/mol. The number of hydrogen-bond donors (Lipinski definition) is 2. The van der Waals surface area contributed by atoms with Crippen LogP contribution in [0.25, 0.3) is 0 Å². The van der Waals surface area contributed by atoms with Gasteiger partial charge in [-0.1, -0.05) is 39.5 Å². The SMILES string of the molecule is CC1CCC(C(=O)NC2CCC(NC(=O)C3CC4(CCCCCC4)CO3)CC2)C(C)C1. The van der Waals surface area contributed by atoms with E-state index in [1.807, 2.05) is 0 Å². The average molecular weight is 433 g/mol. The highest BCUT2D eigenvalue weighted by molar-refractivity contribution is 5.81. The van der Waals surface area contributed by atoms with Crippen molar-refractivity contribution in [3.63, 3.8) is 0 Å². The number of carbonyl (C=O) groups excluding carboxylic acids is 2. The minimum atomic E-state index is -0.259. The zero-order chi connectivity index (χ0) is 21.8. The van der Waals surface area contributed by atoms with Crippen molar-refractivity contribution in [2.45, 2.75) is 122 Å². The zero-order valence-electron chi connectivity index (χ0n) is 19.8. The third-order valence-electron chi connectivity index (χ3n) is 8.85. The third-order valence-corrected chi connectivity index (χ3v) is 8.85. The number of rotatable bonds is 4. The molecule has 5 heteroatoms. The summed E-state index contributed by atoms with van der Waals surface area (Å²) in [5.41, 5.74) is 0.258. The molecule has 0 aromatic carbocycles. The van der Waals surface area contributed by atoms with E-state index in [0.717, 1.165) is 51.0 Å². The van der Waals surface area contributed by atoms with E-state index in [0.29, 0.717) is 5.92 Å². The first-order valence-electron chi connectivity index (χ1n) is 13.2. The van der Waals surface area contributed by atoms with Gasteiger partial charge in [0, 0.05) is 18.0 Å². The molecular formula is C26H44N2O3. The van der Waals surface area contributed by atoms with Gasteiger partial charge in [-0.05, 0) is 81.5 Å². The molecule has 4 rings (SSSR count). The lowest BCUT2D eigenvalue weighted by Crippen LogP contribution is -2.48. The van der Waals surface area contributed by atoms with Gasteiger partial charge in [-0.2, -0.15) is 0 Å². The molecule has 0 aromatic rings. The van der Waals surface area contributed by atoms with Gasteiger partial charge < -0.3 is 15.4 Å². The second kappa shape index (κ2) is 10.2. The quantitative estimate of drug-likeness (QED) is 0.675. The fourth-order valence-electron chi connectivity index (χ4n) is 6.82. The van der Waals surface area contributed by atoms with E-state index in [4.69, 9.17) is 4.74 Å². The maximum absolute atomic E-state index is 12.8. The molecular weight excluding hydrogens is 388 g/mol. The Kier molecular flexibility index (Phi) is 7.61. The molecule has 0 aromatic heterocycles. The molecule has 1 saturated heterocycles. The maximum Gasteiger partial charge on any atom is 0.249 e. The number of carbonyl (C=O) groups is 2. The van der Waals surface area contributed by atoms with E-state index < -0.39 is 0 Å². The number of nitrogens with one attached hydrogen (secondary N) is 2. The van der Waals surface area contributed by atoms with Crippen LogP contribution < -0.4 is 10.6 Å². The molecule has 0 radical (unpaired) electrons. The Hall–Kier alpha value is -1.10. The van der Waals surface area contributed by atoms with Crippen LogP contribution in [0.1, 0.15) is 104 Å². The summed E-state index contributed by atoms with van der Waals surface area (Å²) in [4.78, 5) is 25.6. The van der Waals surface area contributed by atoms with Crippen molar-refractivity contribution in [2.24, 2.45) is 23.2 Å². The summed E-state index contributed by atoms with van der Waals surface area (Å²) in [6.07, 6.45) is 15.5. The Morgan fingerprint density at radius 1 is 0.806 bits per heavy atom. The van der Waals surface area contributed by atoms with Crippen molar-refractivity contribution in [3.8, 4) is 0 Å². The second-order valence-corrected chi connectivity index (χ2v) is 11.5. The molecule has 1 heterocycles. The molecule has 2 amide bonds. The Morgan fingerprint density at radius 3 is 2.03 bits per heavy atom. The largest absolute Gasteiger partial charge is 0.368 e. The molecule has 2 N–H and O–H groups in total. The molecule has 1 aliphatic heterocycles. The summed E-state index contributed by atoms with van der Waals surface area (Å²) in [5, 5.41) is 6.60. The Labute approximate surface area is 188 Å². The van der Waals surface area contributed by atoms with Crippen LogP contribution in [-0.4, -0.2) is 36.6 Å². The molecule has 4 aliphatic rings. The average Bonchev–Trinajstić information content (AvgIpc) is 3.02. The minimum absolute atomic E-state index is 0.0961. The summed E-state index contributed by atoms with van der Waals surface area (Å²) in [7, 11) is 0. The zero-order valence-corrected chi connectivity index (χ0v) is 19.8. The minimum Gasteiger partial charge on any atom is -0.368 e. The molecule has 3 saturated carbocycles. The fourth-order valence-corrected chi connectivity index (χ4v) is 6.82. The van der Waals surface area contributed by atoms with Gasteiger partial charge in [0.25, 0.3) is 0 Å². The van der Waals surface area contributed by atoms with Crippen molar-refractivity contribution in [2.75, 3.05) is 6.61 Å². The van der Waals surface area contributed by atoms with E-state index in [-0.39, 0.29) is 41.3 Å². The van der Waals surface area contributed by atoms with Gasteiger partial charge in [0.15, 0.2) is 0 Å². The summed E-state index contributed by atoms with van der Waals surface area (Å²) in [5.74, 6) is 1.78. The summed E-state index contributed by atoms with van der Waals surface area (Å²) >= 11 is 0. The normalized spacial score (nSPS) is 38.4. The van der Waals surface area contributed by atoms with Gasteiger partial charge in [-0.25, -0.2) is 0 Å². The number of amides is 2. The van der Waals surface area contributed by atoms with Crippen molar-refractivity contribution in [1.29, 1.82) is 0 Å². The molecule has 3 aliphatic carbocycles. The van der Waals surface area contributed by atoms with Crippen LogP contribution in [0.5, 0.6) is 0 Å². The number of hydrogen-bond acceptors (Lipinski definition) is 3. The predicted octanol–water partition coefficient (Wildman–Crippen LogP) is 4.73. The van der Waals surface area contributed by atoms with Crippen molar-refractivity contribution < 1.29 is 14.3 Å². The van der Waals surface area contributed by atoms with E-state index in [9.17, 15) is 9.59 Å². The van der Waals surface area contributed by atoms with E-state index in [1.54, 1.807) is 0 Å². The molecule has 4 unspecified atom stereocenters. The van der Waals surface area contributed by atoms with E-state index in [2.05, 4.69) is 24.5 Å². The molecule has 5 nitrogen and oxygen atoms in total. The Balaban J connectivity index is 1.18. The summed E-state index contributed by atoms with van der Waals surface area (Å²) in [6, 6.07) is 0.494. The Morgan fingerprint density at radius 2 is 1.42 bits per heavy atom. The molecule has 0 bridgehead atoms. The molecule has 4 atom stereocenters. The first-order chi connectivity index (χ1) is 14.9. The molecule has 176 valence electrons. The molecule has 4 fully saturated rings.